The van der Waals surface area contributed by atoms with Gasteiger partial charge in [0.05, 0.1) is 5.01 Å². The van der Waals surface area contributed by atoms with Crippen molar-refractivity contribution in [2.45, 2.75) is 26.3 Å². The lowest BCUT2D eigenvalue weighted by molar-refractivity contribution is 0.584. The Bertz CT molecular complexity index is 420. The van der Waals surface area contributed by atoms with Gasteiger partial charge in [0.2, 0.25) is 0 Å². The highest BCUT2D eigenvalue weighted by atomic mass is 32.1. The summed E-state index contributed by atoms with van der Waals surface area (Å²) in [5.41, 5.74) is 0. The molecule has 86 valence electrons. The molecule has 16 heavy (non-hydrogen) atoms. The Balaban J connectivity index is 1.76. The van der Waals surface area contributed by atoms with Crippen LogP contribution in [0.5, 0.6) is 0 Å². The molecule has 0 saturated carbocycles. The predicted octanol–water partition coefficient (Wildman–Crippen LogP) is 3.41. The lowest BCUT2D eigenvalue weighted by Gasteiger charge is -2.10. The maximum Gasteiger partial charge on any atom is 0.0940 e. The van der Waals surface area contributed by atoms with E-state index < -0.39 is 0 Å². The van der Waals surface area contributed by atoms with Gasteiger partial charge in [0, 0.05) is 35.0 Å². The third-order valence-electron chi connectivity index (χ3n) is 2.43. The van der Waals surface area contributed by atoms with Gasteiger partial charge in [-0.3, -0.25) is 0 Å². The number of aryl methyl sites for hydroxylation is 1. The van der Waals surface area contributed by atoms with E-state index in [0.29, 0.717) is 6.04 Å². The lowest BCUT2D eigenvalue weighted by atomic mass is 10.2. The Morgan fingerprint density at radius 1 is 1.50 bits per heavy atom. The molecule has 1 N–H and O–H groups in total. The van der Waals surface area contributed by atoms with Gasteiger partial charge in [0.25, 0.3) is 0 Å². The molecule has 2 nitrogen and oxygen atoms in total. The van der Waals surface area contributed by atoms with Crippen molar-refractivity contribution in [1.29, 1.82) is 0 Å². The highest BCUT2D eigenvalue weighted by Gasteiger charge is 2.05. The van der Waals surface area contributed by atoms with E-state index in [9.17, 15) is 0 Å². The molecule has 0 aliphatic heterocycles. The van der Waals surface area contributed by atoms with Gasteiger partial charge in [0.1, 0.15) is 0 Å². The molecular formula is C12H16N2S2. The van der Waals surface area contributed by atoms with Crippen molar-refractivity contribution in [2.75, 3.05) is 6.54 Å². The van der Waals surface area contributed by atoms with Crippen LogP contribution < -0.4 is 5.32 Å². The molecular weight excluding hydrogens is 236 g/mol. The second-order valence-corrected chi connectivity index (χ2v) is 6.10. The largest absolute Gasteiger partial charge is 0.309 e. The number of nitrogens with zero attached hydrogens (tertiary/aromatic N) is 1. The zero-order valence-electron chi connectivity index (χ0n) is 9.56. The van der Waals surface area contributed by atoms with Gasteiger partial charge < -0.3 is 5.32 Å². The van der Waals surface area contributed by atoms with Crippen molar-refractivity contribution in [3.05, 3.63) is 38.5 Å². The topological polar surface area (TPSA) is 24.9 Å². The van der Waals surface area contributed by atoms with Gasteiger partial charge in [-0.05, 0) is 25.3 Å². The summed E-state index contributed by atoms with van der Waals surface area (Å²) in [5.74, 6) is 0. The molecule has 0 fully saturated rings. The van der Waals surface area contributed by atoms with Gasteiger partial charge in [0.15, 0.2) is 0 Å². The third-order valence-corrected chi connectivity index (χ3v) is 4.46. The van der Waals surface area contributed by atoms with E-state index in [0.717, 1.165) is 13.0 Å². The molecule has 0 bridgehead atoms. The molecule has 0 radical (unpaired) electrons. The molecule has 1 atom stereocenters. The number of rotatable bonds is 5. The number of hydrogen-bond acceptors (Lipinski definition) is 4. The van der Waals surface area contributed by atoms with E-state index in [-0.39, 0.29) is 0 Å². The number of nitrogens with one attached hydrogen (secondary N) is 1. The SMILES string of the molecule is Cc1cnc(CCNC(C)c2cccs2)s1. The lowest BCUT2D eigenvalue weighted by Crippen LogP contribution is -2.20. The fraction of sp³-hybridized carbons (Fsp3) is 0.417. The van der Waals surface area contributed by atoms with Crippen molar-refractivity contribution < 1.29 is 0 Å². The van der Waals surface area contributed by atoms with E-state index in [2.05, 4.69) is 41.7 Å². The number of aromatic nitrogens is 1. The van der Waals surface area contributed by atoms with Crippen LogP contribution in [-0.2, 0) is 6.42 Å². The van der Waals surface area contributed by atoms with Crippen LogP contribution in [-0.4, -0.2) is 11.5 Å². The molecule has 0 spiro atoms. The number of thiazole rings is 1. The quantitative estimate of drug-likeness (QED) is 0.882. The summed E-state index contributed by atoms with van der Waals surface area (Å²) in [6, 6.07) is 4.72. The first kappa shape index (κ1) is 11.8. The van der Waals surface area contributed by atoms with Crippen LogP contribution in [0.4, 0.5) is 0 Å². The van der Waals surface area contributed by atoms with Crippen LogP contribution >= 0.6 is 22.7 Å². The van der Waals surface area contributed by atoms with E-state index in [1.165, 1.54) is 14.8 Å². The van der Waals surface area contributed by atoms with Gasteiger partial charge in [-0.1, -0.05) is 6.07 Å². The molecule has 0 amide bonds. The number of hydrogen-bond donors (Lipinski definition) is 1. The van der Waals surface area contributed by atoms with Crippen molar-refractivity contribution in [3.8, 4) is 0 Å². The zero-order chi connectivity index (χ0) is 11.4. The van der Waals surface area contributed by atoms with Crippen LogP contribution in [0, 0.1) is 6.92 Å². The van der Waals surface area contributed by atoms with E-state index in [4.69, 9.17) is 0 Å². The predicted molar refractivity (Wildman–Crippen MR) is 71.3 cm³/mol. The van der Waals surface area contributed by atoms with Crippen molar-refractivity contribution >= 4 is 22.7 Å². The molecule has 0 aliphatic carbocycles. The zero-order valence-corrected chi connectivity index (χ0v) is 11.2. The monoisotopic (exact) mass is 252 g/mol. The minimum Gasteiger partial charge on any atom is -0.309 e. The average Bonchev–Trinajstić information content (AvgIpc) is 2.89. The highest BCUT2D eigenvalue weighted by Crippen LogP contribution is 2.18. The highest BCUT2D eigenvalue weighted by molar-refractivity contribution is 7.11. The molecule has 0 saturated heterocycles. The minimum absolute atomic E-state index is 0.445. The molecule has 0 aromatic carbocycles. The first-order valence-corrected chi connectivity index (χ1v) is 7.13. The van der Waals surface area contributed by atoms with E-state index in [1.807, 2.05) is 6.20 Å². The molecule has 4 heteroatoms. The second kappa shape index (κ2) is 5.57. The summed E-state index contributed by atoms with van der Waals surface area (Å²) in [6.45, 7) is 5.30. The first-order chi connectivity index (χ1) is 7.75. The molecule has 2 aromatic rings. The van der Waals surface area contributed by atoms with Crippen molar-refractivity contribution in [1.82, 2.24) is 10.3 Å². The summed E-state index contributed by atoms with van der Waals surface area (Å²) >= 11 is 3.59. The minimum atomic E-state index is 0.445. The first-order valence-electron chi connectivity index (χ1n) is 5.44. The smallest absolute Gasteiger partial charge is 0.0940 e. The Hall–Kier alpha value is -0.710. The third kappa shape index (κ3) is 3.14. The Kier molecular flexibility index (Phi) is 4.09. The average molecular weight is 252 g/mol. The van der Waals surface area contributed by atoms with Crippen LogP contribution in [0.1, 0.15) is 27.7 Å². The molecule has 2 aromatic heterocycles. The van der Waals surface area contributed by atoms with Crippen LogP contribution in [0.3, 0.4) is 0 Å². The van der Waals surface area contributed by atoms with Crippen molar-refractivity contribution in [2.24, 2.45) is 0 Å². The maximum atomic E-state index is 4.36. The normalized spacial score (nSPS) is 12.9. The summed E-state index contributed by atoms with van der Waals surface area (Å²) in [7, 11) is 0. The maximum absolute atomic E-state index is 4.36. The summed E-state index contributed by atoms with van der Waals surface area (Å²) in [4.78, 5) is 7.05. The van der Waals surface area contributed by atoms with E-state index in [1.54, 1.807) is 22.7 Å². The van der Waals surface area contributed by atoms with Crippen LogP contribution in [0.15, 0.2) is 23.7 Å². The van der Waals surface area contributed by atoms with Gasteiger partial charge in [-0.25, -0.2) is 4.98 Å². The van der Waals surface area contributed by atoms with Crippen LogP contribution in [0.2, 0.25) is 0 Å². The number of thiophene rings is 1. The van der Waals surface area contributed by atoms with Gasteiger partial charge in [-0.2, -0.15) is 0 Å². The molecule has 2 heterocycles. The van der Waals surface area contributed by atoms with Crippen LogP contribution in [0.25, 0.3) is 0 Å². The molecule has 0 aliphatic rings. The van der Waals surface area contributed by atoms with Gasteiger partial charge in [-0.15, -0.1) is 22.7 Å². The standard InChI is InChI=1S/C12H16N2S2/c1-9-8-14-12(16-9)5-6-13-10(2)11-4-3-7-15-11/h3-4,7-8,10,13H,5-6H2,1-2H3. The Labute approximate surface area is 104 Å². The van der Waals surface area contributed by atoms with Crippen molar-refractivity contribution in [3.63, 3.8) is 0 Å². The van der Waals surface area contributed by atoms with E-state index >= 15 is 0 Å². The molecule has 1 unspecified atom stereocenters. The fourth-order valence-electron chi connectivity index (χ4n) is 1.55. The Morgan fingerprint density at radius 2 is 2.38 bits per heavy atom. The molecule has 2 rings (SSSR count). The summed E-state index contributed by atoms with van der Waals surface area (Å²) in [6.07, 6.45) is 2.97. The Morgan fingerprint density at radius 3 is 3.00 bits per heavy atom. The van der Waals surface area contributed by atoms with Gasteiger partial charge >= 0.3 is 0 Å². The fourth-order valence-corrected chi connectivity index (χ4v) is 3.10. The summed E-state index contributed by atoms with van der Waals surface area (Å²) < 4.78 is 0. The summed E-state index contributed by atoms with van der Waals surface area (Å²) in [5, 5.41) is 6.87. The second-order valence-electron chi connectivity index (χ2n) is 3.81.